The van der Waals surface area contributed by atoms with Crippen molar-refractivity contribution in [1.29, 1.82) is 0 Å². The minimum atomic E-state index is -3.75. The molecule has 0 fully saturated rings. The summed E-state index contributed by atoms with van der Waals surface area (Å²) in [6, 6.07) is 13.6. The third kappa shape index (κ3) is 5.06. The molecule has 0 atom stereocenters. The lowest BCUT2D eigenvalue weighted by molar-refractivity contribution is -0.116. The van der Waals surface area contributed by atoms with E-state index in [4.69, 9.17) is 4.74 Å². The monoisotopic (exact) mass is 376 g/mol. The van der Waals surface area contributed by atoms with Gasteiger partial charge < -0.3 is 10.1 Å². The number of sulfonamides is 1. The van der Waals surface area contributed by atoms with Crippen LogP contribution in [-0.2, 0) is 21.2 Å². The first-order chi connectivity index (χ1) is 12.4. The van der Waals surface area contributed by atoms with Crippen molar-refractivity contribution in [2.45, 2.75) is 25.2 Å². The second-order valence-corrected chi connectivity index (χ2v) is 7.81. The predicted molar refractivity (Wildman–Crippen MR) is 102 cm³/mol. The van der Waals surface area contributed by atoms with Crippen LogP contribution in [0, 0.1) is 0 Å². The molecule has 6 nitrogen and oxygen atoms in total. The molecule has 140 valence electrons. The summed E-state index contributed by atoms with van der Waals surface area (Å²) in [6.45, 7) is 4.14. The molecule has 26 heavy (non-hydrogen) atoms. The maximum Gasteiger partial charge on any atom is 0.243 e. The van der Waals surface area contributed by atoms with Crippen molar-refractivity contribution >= 4 is 21.6 Å². The van der Waals surface area contributed by atoms with E-state index in [2.05, 4.69) is 5.32 Å². The number of nitrogens with zero attached hydrogens (tertiary/aromatic N) is 1. The van der Waals surface area contributed by atoms with Crippen molar-refractivity contribution < 1.29 is 17.9 Å². The van der Waals surface area contributed by atoms with Crippen LogP contribution in [-0.4, -0.2) is 38.8 Å². The van der Waals surface area contributed by atoms with E-state index in [-0.39, 0.29) is 11.4 Å². The highest BCUT2D eigenvalue weighted by Crippen LogP contribution is 2.19. The van der Waals surface area contributed by atoms with Crippen molar-refractivity contribution in [2.75, 3.05) is 25.5 Å². The average molecular weight is 376 g/mol. The lowest BCUT2D eigenvalue weighted by Crippen LogP contribution is -2.34. The minimum Gasteiger partial charge on any atom is -0.494 e. The molecule has 0 radical (unpaired) electrons. The number of ether oxygens (including phenoxy) is 1. The predicted octanol–water partition coefficient (Wildman–Crippen LogP) is 2.91. The first kappa shape index (κ1) is 19.9. The smallest absolute Gasteiger partial charge is 0.243 e. The zero-order valence-electron chi connectivity index (χ0n) is 15.2. The molecule has 7 heteroatoms. The summed E-state index contributed by atoms with van der Waals surface area (Å²) in [5.41, 5.74) is 1.80. The van der Waals surface area contributed by atoms with Crippen molar-refractivity contribution in [3.05, 3.63) is 54.1 Å². The standard InChI is InChI=1S/C19H24N2O4S/c1-4-15-6-8-16(9-7-15)20-19(22)14-21(3)26(23,24)18-12-10-17(11-13-18)25-5-2/h6-13H,4-5,14H2,1-3H3,(H,20,22). The highest BCUT2D eigenvalue weighted by Gasteiger charge is 2.23. The summed E-state index contributed by atoms with van der Waals surface area (Å²) >= 11 is 0. The fourth-order valence-corrected chi connectivity index (χ4v) is 3.49. The van der Waals surface area contributed by atoms with Gasteiger partial charge in [0.1, 0.15) is 5.75 Å². The number of nitrogens with one attached hydrogen (secondary N) is 1. The molecule has 0 heterocycles. The molecule has 0 aliphatic heterocycles. The number of carbonyl (C=O) groups excluding carboxylic acids is 1. The van der Waals surface area contributed by atoms with Crippen LogP contribution in [0.1, 0.15) is 19.4 Å². The SMILES string of the molecule is CCOc1ccc(S(=O)(=O)N(C)CC(=O)Nc2ccc(CC)cc2)cc1. The van der Waals surface area contributed by atoms with Crippen LogP contribution < -0.4 is 10.1 Å². The lowest BCUT2D eigenvalue weighted by atomic mass is 10.1. The molecule has 0 aliphatic rings. The number of carbonyl (C=O) groups is 1. The van der Waals surface area contributed by atoms with E-state index >= 15 is 0 Å². The van der Waals surface area contributed by atoms with Crippen molar-refractivity contribution in [3.63, 3.8) is 0 Å². The number of amides is 1. The number of rotatable bonds is 8. The highest BCUT2D eigenvalue weighted by molar-refractivity contribution is 7.89. The van der Waals surface area contributed by atoms with Crippen LogP contribution in [0.5, 0.6) is 5.75 Å². The maximum absolute atomic E-state index is 12.6. The van der Waals surface area contributed by atoms with Crippen molar-refractivity contribution in [3.8, 4) is 5.75 Å². The Hall–Kier alpha value is -2.38. The van der Waals surface area contributed by atoms with Gasteiger partial charge in [0, 0.05) is 12.7 Å². The molecule has 2 aromatic rings. The molecule has 1 N–H and O–H groups in total. The third-order valence-corrected chi connectivity index (χ3v) is 5.67. The van der Waals surface area contributed by atoms with Gasteiger partial charge in [-0.2, -0.15) is 4.31 Å². The molecule has 0 unspecified atom stereocenters. The molecule has 0 aliphatic carbocycles. The summed E-state index contributed by atoms with van der Waals surface area (Å²) in [5, 5.41) is 2.71. The molecule has 1 amide bonds. The molecular weight excluding hydrogens is 352 g/mol. The zero-order chi connectivity index (χ0) is 19.2. The van der Waals surface area contributed by atoms with Gasteiger partial charge >= 0.3 is 0 Å². The molecule has 0 aromatic heterocycles. The van der Waals surface area contributed by atoms with E-state index in [9.17, 15) is 13.2 Å². The first-order valence-electron chi connectivity index (χ1n) is 8.44. The number of anilines is 1. The summed E-state index contributed by atoms with van der Waals surface area (Å²) in [4.78, 5) is 12.3. The second-order valence-electron chi connectivity index (χ2n) is 5.76. The largest absolute Gasteiger partial charge is 0.494 e. The summed E-state index contributed by atoms with van der Waals surface area (Å²) in [6.07, 6.45) is 0.914. The van der Waals surface area contributed by atoms with Crippen molar-refractivity contribution in [1.82, 2.24) is 4.31 Å². The van der Waals surface area contributed by atoms with Gasteiger partial charge in [-0.15, -0.1) is 0 Å². The molecule has 0 bridgehead atoms. The van der Waals surface area contributed by atoms with Crippen LogP contribution in [0.2, 0.25) is 0 Å². The van der Waals surface area contributed by atoms with E-state index in [1.54, 1.807) is 24.3 Å². The van der Waals surface area contributed by atoms with Gasteiger partial charge in [0.2, 0.25) is 15.9 Å². The fraction of sp³-hybridized carbons (Fsp3) is 0.316. The van der Waals surface area contributed by atoms with Crippen LogP contribution in [0.3, 0.4) is 0 Å². The number of hydrogen-bond donors (Lipinski definition) is 1. The Morgan fingerprint density at radius 1 is 1.04 bits per heavy atom. The van der Waals surface area contributed by atoms with Gasteiger partial charge in [-0.05, 0) is 55.3 Å². The number of benzene rings is 2. The Bertz CT molecular complexity index is 831. The topological polar surface area (TPSA) is 75.7 Å². The summed E-state index contributed by atoms with van der Waals surface area (Å²) in [7, 11) is -2.37. The van der Waals surface area contributed by atoms with Crippen molar-refractivity contribution in [2.24, 2.45) is 0 Å². The average Bonchev–Trinajstić information content (AvgIpc) is 2.63. The van der Waals surface area contributed by atoms with Gasteiger partial charge in [-0.1, -0.05) is 19.1 Å². The maximum atomic E-state index is 12.6. The Kier molecular flexibility index (Phi) is 6.76. The van der Waals surface area contributed by atoms with Crippen LogP contribution >= 0.6 is 0 Å². The minimum absolute atomic E-state index is 0.114. The van der Waals surface area contributed by atoms with E-state index in [0.29, 0.717) is 18.0 Å². The molecule has 2 aromatic carbocycles. The Morgan fingerprint density at radius 2 is 1.65 bits per heavy atom. The van der Waals surface area contributed by atoms with Crippen LogP contribution in [0.15, 0.2) is 53.4 Å². The van der Waals surface area contributed by atoms with E-state index in [1.807, 2.05) is 26.0 Å². The van der Waals surface area contributed by atoms with E-state index < -0.39 is 15.9 Å². The highest BCUT2D eigenvalue weighted by atomic mass is 32.2. The Balaban J connectivity index is 2.01. The van der Waals surface area contributed by atoms with E-state index in [0.717, 1.165) is 16.3 Å². The Morgan fingerprint density at radius 3 is 2.19 bits per heavy atom. The third-order valence-electron chi connectivity index (χ3n) is 3.86. The molecule has 0 spiro atoms. The van der Waals surface area contributed by atoms with Gasteiger partial charge in [-0.25, -0.2) is 8.42 Å². The molecular formula is C19H24N2O4S. The number of likely N-dealkylation sites (N-methyl/N-ethyl adjacent to an activating group) is 1. The van der Waals surface area contributed by atoms with Gasteiger partial charge in [0.05, 0.1) is 18.0 Å². The lowest BCUT2D eigenvalue weighted by Gasteiger charge is -2.17. The summed E-state index contributed by atoms with van der Waals surface area (Å²) in [5.74, 6) is 0.202. The van der Waals surface area contributed by atoms with Gasteiger partial charge in [0.15, 0.2) is 0 Å². The normalized spacial score (nSPS) is 11.4. The van der Waals surface area contributed by atoms with Gasteiger partial charge in [0.25, 0.3) is 0 Å². The van der Waals surface area contributed by atoms with Crippen LogP contribution in [0.25, 0.3) is 0 Å². The number of aryl methyl sites for hydroxylation is 1. The quantitative estimate of drug-likeness (QED) is 0.769. The first-order valence-corrected chi connectivity index (χ1v) is 9.88. The zero-order valence-corrected chi connectivity index (χ0v) is 16.0. The fourth-order valence-electron chi connectivity index (χ4n) is 2.37. The van der Waals surface area contributed by atoms with E-state index in [1.165, 1.54) is 19.2 Å². The Labute approximate surface area is 154 Å². The second kappa shape index (κ2) is 8.82. The molecule has 0 saturated carbocycles. The van der Waals surface area contributed by atoms with Crippen LogP contribution in [0.4, 0.5) is 5.69 Å². The van der Waals surface area contributed by atoms with Gasteiger partial charge in [-0.3, -0.25) is 4.79 Å². The molecule has 0 saturated heterocycles. The molecule has 2 rings (SSSR count). The summed E-state index contributed by atoms with van der Waals surface area (Å²) < 4.78 is 31.5. The number of hydrogen-bond acceptors (Lipinski definition) is 4.